The number of hydrogen-bond acceptors (Lipinski definition) is 7. The first-order chi connectivity index (χ1) is 22.1. The van der Waals surface area contributed by atoms with Crippen LogP contribution in [0.1, 0.15) is 174 Å². The van der Waals surface area contributed by atoms with Crippen molar-refractivity contribution in [1.82, 2.24) is 0 Å². The number of unbranched alkanes of at least 4 members (excludes halogenated alkanes) is 20. The number of rotatable bonds is 34. The van der Waals surface area contributed by atoms with Gasteiger partial charge in [-0.15, -0.1) is 0 Å². The van der Waals surface area contributed by atoms with Crippen LogP contribution < -0.4 is 5.11 Å². The average Bonchev–Trinajstić information content (AvgIpc) is 3.00. The number of ether oxygens (including phenoxy) is 3. The summed E-state index contributed by atoms with van der Waals surface area (Å²) in [6, 6.07) is -0.717. The number of carbonyl (C=O) groups is 3. The van der Waals surface area contributed by atoms with Crippen LogP contribution in [-0.2, 0) is 28.6 Å². The standard InChI is InChI=1S/C38H73NO7/c1-6-8-10-12-14-16-18-20-22-24-26-28-36(40)45-33-34(32-44-31-30-35(38(42)43)39(3,4)5)46-37(41)29-27-25-23-21-19-17-15-13-11-9-7-2/h34-35H,6-33H2,1-5H3/t34-,35-/m0/s1. The van der Waals surface area contributed by atoms with E-state index in [-0.39, 0.29) is 42.7 Å². The summed E-state index contributed by atoms with van der Waals surface area (Å²) in [5.41, 5.74) is 0. The van der Waals surface area contributed by atoms with E-state index >= 15 is 0 Å². The number of esters is 2. The molecule has 8 heteroatoms. The molecule has 0 unspecified atom stereocenters. The molecule has 0 aromatic heterocycles. The third kappa shape index (κ3) is 28.5. The summed E-state index contributed by atoms with van der Waals surface area (Å²) in [6.45, 7) is 4.65. The predicted octanol–water partition coefficient (Wildman–Crippen LogP) is 8.08. The van der Waals surface area contributed by atoms with Gasteiger partial charge in [0.05, 0.1) is 40.3 Å². The summed E-state index contributed by atoms with van der Waals surface area (Å²) >= 11 is 0. The molecule has 0 aliphatic rings. The Morgan fingerprint density at radius 1 is 0.565 bits per heavy atom. The van der Waals surface area contributed by atoms with Gasteiger partial charge in [0.15, 0.2) is 6.10 Å². The second-order valence-corrected chi connectivity index (χ2v) is 14.2. The molecule has 46 heavy (non-hydrogen) atoms. The Balaban J connectivity index is 4.41. The molecular formula is C38H73NO7. The normalized spacial score (nSPS) is 13.0. The van der Waals surface area contributed by atoms with Crippen molar-refractivity contribution < 1.29 is 38.2 Å². The molecule has 0 rings (SSSR count). The minimum absolute atomic E-state index is 0.0482. The number of aliphatic carboxylic acids is 1. The molecule has 8 nitrogen and oxygen atoms in total. The SMILES string of the molecule is CCCCCCCCCCCCCC(=O)OC[C@H](COCC[C@@H](C(=O)[O-])[N+](C)(C)C)OC(=O)CCCCCCCCCCCCC. The quantitative estimate of drug-likeness (QED) is 0.0392. The van der Waals surface area contributed by atoms with Crippen LogP contribution in [0.2, 0.25) is 0 Å². The number of carboxylic acid groups (broad SMARTS) is 1. The number of carbonyl (C=O) groups excluding carboxylic acids is 3. The van der Waals surface area contributed by atoms with Gasteiger partial charge < -0.3 is 28.6 Å². The van der Waals surface area contributed by atoms with Crippen LogP contribution >= 0.6 is 0 Å². The number of nitrogens with zero attached hydrogens (tertiary/aromatic N) is 1. The molecule has 0 heterocycles. The minimum Gasteiger partial charge on any atom is -0.544 e. The molecule has 0 aromatic carbocycles. The zero-order valence-corrected chi connectivity index (χ0v) is 30.8. The number of likely N-dealkylation sites (N-methyl/N-ethyl adjacent to an activating group) is 1. The van der Waals surface area contributed by atoms with Crippen molar-refractivity contribution in [2.24, 2.45) is 0 Å². The van der Waals surface area contributed by atoms with Gasteiger partial charge in [-0.2, -0.15) is 0 Å². The minimum atomic E-state index is -1.12. The van der Waals surface area contributed by atoms with E-state index in [4.69, 9.17) is 14.2 Å². The van der Waals surface area contributed by atoms with E-state index in [1.165, 1.54) is 103 Å². The van der Waals surface area contributed by atoms with Gasteiger partial charge in [-0.05, 0) is 12.8 Å². The maximum Gasteiger partial charge on any atom is 0.306 e. The van der Waals surface area contributed by atoms with Gasteiger partial charge in [-0.1, -0.05) is 142 Å². The van der Waals surface area contributed by atoms with E-state index in [0.29, 0.717) is 12.8 Å². The van der Waals surface area contributed by atoms with Gasteiger partial charge in [0.1, 0.15) is 12.6 Å². The fourth-order valence-corrected chi connectivity index (χ4v) is 5.72. The second-order valence-electron chi connectivity index (χ2n) is 14.2. The lowest BCUT2D eigenvalue weighted by Crippen LogP contribution is -2.55. The molecule has 2 atom stereocenters. The molecule has 0 radical (unpaired) electrons. The maximum absolute atomic E-state index is 12.6. The summed E-state index contributed by atoms with van der Waals surface area (Å²) in [5.74, 6) is -1.73. The highest BCUT2D eigenvalue weighted by Gasteiger charge is 2.25. The van der Waals surface area contributed by atoms with Gasteiger partial charge in [0, 0.05) is 19.3 Å². The summed E-state index contributed by atoms with van der Waals surface area (Å²) in [7, 11) is 5.40. The van der Waals surface area contributed by atoms with Crippen LogP contribution in [-0.4, -0.2) is 75.5 Å². The van der Waals surface area contributed by atoms with Crippen LogP contribution in [0.25, 0.3) is 0 Å². The lowest BCUT2D eigenvalue weighted by molar-refractivity contribution is -0.889. The highest BCUT2D eigenvalue weighted by molar-refractivity contribution is 5.70. The molecule has 272 valence electrons. The molecular weight excluding hydrogens is 582 g/mol. The topological polar surface area (TPSA) is 102 Å². The fourth-order valence-electron chi connectivity index (χ4n) is 5.72. The Hall–Kier alpha value is -1.67. The molecule has 0 aromatic rings. The Morgan fingerprint density at radius 3 is 1.35 bits per heavy atom. The molecule has 0 saturated carbocycles. The highest BCUT2D eigenvalue weighted by atomic mass is 16.6. The van der Waals surface area contributed by atoms with E-state index in [9.17, 15) is 19.5 Å². The van der Waals surface area contributed by atoms with Crippen molar-refractivity contribution in [2.45, 2.75) is 187 Å². The predicted molar refractivity (Wildman–Crippen MR) is 185 cm³/mol. The van der Waals surface area contributed by atoms with Gasteiger partial charge >= 0.3 is 11.9 Å². The first-order valence-corrected chi connectivity index (χ1v) is 19.1. The van der Waals surface area contributed by atoms with E-state index in [1.807, 2.05) is 0 Å². The van der Waals surface area contributed by atoms with Crippen molar-refractivity contribution in [1.29, 1.82) is 0 Å². The monoisotopic (exact) mass is 656 g/mol. The van der Waals surface area contributed by atoms with Crippen molar-refractivity contribution in [3.63, 3.8) is 0 Å². The Bertz CT molecular complexity index is 737. The average molecular weight is 656 g/mol. The van der Waals surface area contributed by atoms with Crippen LogP contribution in [0.4, 0.5) is 0 Å². The van der Waals surface area contributed by atoms with Crippen LogP contribution in [0.15, 0.2) is 0 Å². The first-order valence-electron chi connectivity index (χ1n) is 19.1. The van der Waals surface area contributed by atoms with Gasteiger partial charge in [0.25, 0.3) is 0 Å². The molecule has 0 saturated heterocycles. The molecule has 0 spiro atoms. The largest absolute Gasteiger partial charge is 0.544 e. The van der Waals surface area contributed by atoms with Crippen molar-refractivity contribution in [3.05, 3.63) is 0 Å². The van der Waals surface area contributed by atoms with Crippen LogP contribution in [0, 0.1) is 0 Å². The van der Waals surface area contributed by atoms with Crippen molar-refractivity contribution >= 4 is 17.9 Å². The third-order valence-corrected chi connectivity index (χ3v) is 8.74. The third-order valence-electron chi connectivity index (χ3n) is 8.74. The van der Waals surface area contributed by atoms with Crippen LogP contribution in [0.5, 0.6) is 0 Å². The Kier molecular flexibility index (Phi) is 29.5. The Labute approximate surface area is 283 Å². The van der Waals surface area contributed by atoms with E-state index in [0.717, 1.165) is 38.5 Å². The first kappa shape index (κ1) is 44.3. The summed E-state index contributed by atoms with van der Waals surface area (Å²) in [6.07, 6.45) is 26.9. The molecule has 0 amide bonds. The molecule has 0 aliphatic carbocycles. The number of carboxylic acids is 1. The lowest BCUT2D eigenvalue weighted by atomic mass is 10.1. The number of hydrogen-bond donors (Lipinski definition) is 0. The van der Waals surface area contributed by atoms with Crippen molar-refractivity contribution in [3.8, 4) is 0 Å². The van der Waals surface area contributed by atoms with Crippen molar-refractivity contribution in [2.75, 3.05) is 41.0 Å². The fraction of sp³-hybridized carbons (Fsp3) is 0.921. The zero-order valence-electron chi connectivity index (χ0n) is 30.8. The van der Waals surface area contributed by atoms with E-state index in [2.05, 4.69) is 13.8 Å². The van der Waals surface area contributed by atoms with E-state index < -0.39 is 18.1 Å². The number of quaternary nitrogens is 1. The van der Waals surface area contributed by atoms with Gasteiger partial charge in [-0.25, -0.2) is 0 Å². The summed E-state index contributed by atoms with van der Waals surface area (Å²) in [5, 5.41) is 11.6. The molecule has 0 aliphatic heterocycles. The molecule has 0 bridgehead atoms. The molecule has 0 N–H and O–H groups in total. The maximum atomic E-state index is 12.6. The molecule has 0 fully saturated rings. The smallest absolute Gasteiger partial charge is 0.306 e. The second kappa shape index (κ2) is 30.7. The van der Waals surface area contributed by atoms with Gasteiger partial charge in [0.2, 0.25) is 0 Å². The lowest BCUT2D eigenvalue weighted by Gasteiger charge is -2.34. The van der Waals surface area contributed by atoms with Crippen LogP contribution in [0.3, 0.4) is 0 Å². The van der Waals surface area contributed by atoms with E-state index in [1.54, 1.807) is 21.1 Å². The highest BCUT2D eigenvalue weighted by Crippen LogP contribution is 2.14. The summed E-state index contributed by atoms with van der Waals surface area (Å²) in [4.78, 5) is 36.6. The zero-order chi connectivity index (χ0) is 34.3. The Morgan fingerprint density at radius 2 is 0.957 bits per heavy atom. The van der Waals surface area contributed by atoms with Gasteiger partial charge in [-0.3, -0.25) is 9.59 Å². The summed E-state index contributed by atoms with van der Waals surface area (Å²) < 4.78 is 17.1.